The molecule has 1 fully saturated rings. The van der Waals surface area contributed by atoms with E-state index in [1.54, 1.807) is 7.11 Å². The average Bonchev–Trinajstić information content (AvgIpc) is 1.79. The van der Waals surface area contributed by atoms with Gasteiger partial charge in [0.2, 0.25) is 0 Å². The molecule has 1 aliphatic rings. The van der Waals surface area contributed by atoms with Crippen molar-refractivity contribution >= 4 is 0 Å². The number of likely N-dealkylation sites (tertiary alicyclic amines) is 1. The van der Waals surface area contributed by atoms with Gasteiger partial charge < -0.3 is 9.64 Å². The van der Waals surface area contributed by atoms with Crippen molar-refractivity contribution in [3.05, 3.63) is 7.05 Å². The summed E-state index contributed by atoms with van der Waals surface area (Å²) in [6.07, 6.45) is 1.25. The number of hydrogen-bond donors (Lipinski definition) is 0. The molecule has 8 heavy (non-hydrogen) atoms. The maximum absolute atomic E-state index is 4.93. The van der Waals surface area contributed by atoms with E-state index in [9.17, 15) is 0 Å². The zero-order valence-electron chi connectivity index (χ0n) is 5.26. The molecule has 1 heterocycles. The van der Waals surface area contributed by atoms with Gasteiger partial charge in [-0.2, -0.15) is 0 Å². The first kappa shape index (κ1) is 6.05. The Morgan fingerprint density at radius 2 is 2.62 bits per heavy atom. The van der Waals surface area contributed by atoms with Crippen molar-refractivity contribution in [3.63, 3.8) is 0 Å². The summed E-state index contributed by atoms with van der Waals surface area (Å²) in [6, 6.07) is 0.597. The van der Waals surface area contributed by atoms with Crippen LogP contribution in [0.2, 0.25) is 0 Å². The first-order valence-corrected chi connectivity index (χ1v) is 2.90. The molecule has 1 saturated heterocycles. The standard InChI is InChI=1S/C6H12NO/c1-7-4-3-6(7)5-8-2/h6H,1,3-5H2,2H3/q-1/t6-/m1/s1. The first-order chi connectivity index (χ1) is 3.84. The summed E-state index contributed by atoms with van der Waals surface area (Å²) >= 11 is 0. The average molecular weight is 114 g/mol. The zero-order chi connectivity index (χ0) is 5.98. The van der Waals surface area contributed by atoms with Crippen LogP contribution in [0.1, 0.15) is 6.42 Å². The van der Waals surface area contributed by atoms with Crippen molar-refractivity contribution in [1.29, 1.82) is 0 Å². The Hall–Kier alpha value is -0.0800. The lowest BCUT2D eigenvalue weighted by Crippen LogP contribution is -2.45. The molecule has 1 aliphatic heterocycles. The van der Waals surface area contributed by atoms with Gasteiger partial charge in [0, 0.05) is 13.2 Å². The molecule has 0 bridgehead atoms. The van der Waals surface area contributed by atoms with Gasteiger partial charge in [-0.15, -0.1) is 0 Å². The summed E-state index contributed by atoms with van der Waals surface area (Å²) in [5, 5.41) is 0. The third kappa shape index (κ3) is 1.01. The lowest BCUT2D eigenvalue weighted by Gasteiger charge is -2.44. The van der Waals surface area contributed by atoms with Crippen molar-refractivity contribution in [2.24, 2.45) is 0 Å². The summed E-state index contributed by atoms with van der Waals surface area (Å²) in [6.45, 7) is 1.97. The molecule has 0 unspecified atom stereocenters. The Morgan fingerprint density at radius 1 is 1.88 bits per heavy atom. The van der Waals surface area contributed by atoms with Crippen molar-refractivity contribution in [1.82, 2.24) is 4.90 Å². The summed E-state index contributed by atoms with van der Waals surface area (Å²) in [4.78, 5) is 2.06. The molecule has 0 saturated carbocycles. The van der Waals surface area contributed by atoms with Crippen LogP contribution in [-0.4, -0.2) is 31.2 Å². The molecule has 1 atom stereocenters. The summed E-state index contributed by atoms with van der Waals surface area (Å²) in [7, 11) is 5.53. The Morgan fingerprint density at radius 3 is 2.75 bits per heavy atom. The highest BCUT2D eigenvalue weighted by Gasteiger charge is 2.17. The van der Waals surface area contributed by atoms with E-state index in [4.69, 9.17) is 4.74 Å². The minimum absolute atomic E-state index is 0.597. The monoisotopic (exact) mass is 114 g/mol. The van der Waals surface area contributed by atoms with Gasteiger partial charge in [0.15, 0.2) is 0 Å². The third-order valence-electron chi connectivity index (χ3n) is 1.62. The second-order valence-electron chi connectivity index (χ2n) is 2.21. The maximum Gasteiger partial charge on any atom is 0.0594 e. The van der Waals surface area contributed by atoms with E-state index < -0.39 is 0 Å². The first-order valence-electron chi connectivity index (χ1n) is 2.90. The Labute approximate surface area is 50.4 Å². The molecule has 0 aliphatic carbocycles. The fourth-order valence-corrected chi connectivity index (χ4v) is 0.875. The predicted octanol–water partition coefficient (Wildman–Crippen LogP) is 0.499. The van der Waals surface area contributed by atoms with Gasteiger partial charge in [0.25, 0.3) is 0 Å². The molecule has 0 N–H and O–H groups in total. The van der Waals surface area contributed by atoms with E-state index in [0.717, 1.165) is 13.2 Å². The largest absolute Gasteiger partial charge is 0.455 e. The lowest BCUT2D eigenvalue weighted by atomic mass is 10.1. The second-order valence-corrected chi connectivity index (χ2v) is 2.21. The van der Waals surface area contributed by atoms with Gasteiger partial charge in [0.05, 0.1) is 6.61 Å². The van der Waals surface area contributed by atoms with Crippen LogP contribution in [0.15, 0.2) is 0 Å². The van der Waals surface area contributed by atoms with Gasteiger partial charge in [-0.25, -0.2) is 0 Å². The SMILES string of the molecule is [CH2-]N1CC[C@@H]1COC. The Bertz CT molecular complexity index is 74.9. The van der Waals surface area contributed by atoms with Crippen LogP contribution in [0.4, 0.5) is 0 Å². The molecule has 0 aromatic carbocycles. The molecule has 0 aromatic rings. The molecule has 2 nitrogen and oxygen atoms in total. The third-order valence-corrected chi connectivity index (χ3v) is 1.62. The van der Waals surface area contributed by atoms with E-state index in [-0.39, 0.29) is 0 Å². The van der Waals surface area contributed by atoms with Crippen LogP contribution in [0.25, 0.3) is 0 Å². The molecule has 0 radical (unpaired) electrons. The molecule has 1 rings (SSSR count). The fourth-order valence-electron chi connectivity index (χ4n) is 0.875. The number of methoxy groups -OCH3 is 1. The highest BCUT2D eigenvalue weighted by atomic mass is 16.5. The van der Waals surface area contributed by atoms with Gasteiger partial charge in [0.1, 0.15) is 0 Å². The molecule has 0 spiro atoms. The quantitative estimate of drug-likeness (QED) is 0.485. The van der Waals surface area contributed by atoms with E-state index in [1.807, 2.05) is 0 Å². The Balaban J connectivity index is 2.08. The molecular formula is C6H12NO-. The molecule has 0 aromatic heterocycles. The van der Waals surface area contributed by atoms with Crippen molar-refractivity contribution in [2.75, 3.05) is 20.3 Å². The van der Waals surface area contributed by atoms with E-state index in [0.29, 0.717) is 6.04 Å². The molecule has 48 valence electrons. The maximum atomic E-state index is 4.93. The van der Waals surface area contributed by atoms with Crippen LogP contribution < -0.4 is 0 Å². The zero-order valence-corrected chi connectivity index (χ0v) is 5.26. The number of ether oxygens (including phenoxy) is 1. The minimum atomic E-state index is 0.597. The normalized spacial score (nSPS) is 30.0. The van der Waals surface area contributed by atoms with Gasteiger partial charge in [-0.1, -0.05) is 0 Å². The number of hydrogen-bond acceptors (Lipinski definition) is 2. The summed E-state index contributed by atoms with van der Waals surface area (Å²) in [5.74, 6) is 0. The summed E-state index contributed by atoms with van der Waals surface area (Å²) < 4.78 is 4.93. The molecule has 0 amide bonds. The molecular weight excluding hydrogens is 102 g/mol. The van der Waals surface area contributed by atoms with Crippen molar-refractivity contribution in [3.8, 4) is 0 Å². The smallest absolute Gasteiger partial charge is 0.0594 e. The van der Waals surface area contributed by atoms with Gasteiger partial charge >= 0.3 is 0 Å². The molecule has 2 heteroatoms. The number of rotatable bonds is 2. The highest BCUT2D eigenvalue weighted by Crippen LogP contribution is 2.14. The van der Waals surface area contributed by atoms with Gasteiger partial charge in [-0.05, 0) is 13.0 Å². The summed E-state index contributed by atoms with van der Waals surface area (Å²) in [5.41, 5.74) is 0. The van der Waals surface area contributed by atoms with Crippen LogP contribution in [0.5, 0.6) is 0 Å². The van der Waals surface area contributed by atoms with E-state index in [1.165, 1.54) is 6.42 Å². The second kappa shape index (κ2) is 2.46. The van der Waals surface area contributed by atoms with E-state index in [2.05, 4.69) is 11.9 Å². The topological polar surface area (TPSA) is 12.5 Å². The van der Waals surface area contributed by atoms with Crippen LogP contribution in [-0.2, 0) is 4.74 Å². The van der Waals surface area contributed by atoms with Crippen LogP contribution in [0, 0.1) is 7.05 Å². The van der Waals surface area contributed by atoms with Crippen LogP contribution >= 0.6 is 0 Å². The van der Waals surface area contributed by atoms with Crippen molar-refractivity contribution in [2.45, 2.75) is 12.5 Å². The lowest BCUT2D eigenvalue weighted by molar-refractivity contribution is 0.0568. The van der Waals surface area contributed by atoms with Crippen LogP contribution in [0.3, 0.4) is 0 Å². The number of nitrogens with zero attached hydrogens (tertiary/aromatic N) is 1. The Kier molecular flexibility index (Phi) is 1.86. The van der Waals surface area contributed by atoms with Gasteiger partial charge in [-0.3, -0.25) is 7.05 Å². The fraction of sp³-hybridized carbons (Fsp3) is 0.833. The van der Waals surface area contributed by atoms with Crippen molar-refractivity contribution < 1.29 is 4.74 Å². The van der Waals surface area contributed by atoms with E-state index >= 15 is 0 Å². The minimum Gasteiger partial charge on any atom is -0.455 e. The predicted molar refractivity (Wildman–Crippen MR) is 32.3 cm³/mol. The highest BCUT2D eigenvalue weighted by molar-refractivity contribution is 4.81.